The molecule has 0 saturated carbocycles. The van der Waals surface area contributed by atoms with Crippen LogP contribution in [0.1, 0.15) is 22.3 Å². The van der Waals surface area contributed by atoms with Crippen molar-refractivity contribution in [2.45, 2.75) is 25.9 Å². The van der Waals surface area contributed by atoms with E-state index in [9.17, 15) is 18.0 Å². The molecule has 0 atom stereocenters. The second-order valence-corrected chi connectivity index (χ2v) is 5.08. The molecular formula is C17H15F3O. The van der Waals surface area contributed by atoms with E-state index >= 15 is 0 Å². The maximum atomic E-state index is 12.6. The van der Waals surface area contributed by atoms with Gasteiger partial charge in [0, 0.05) is 12.8 Å². The number of rotatable bonds is 4. The lowest BCUT2D eigenvalue weighted by Gasteiger charge is -2.08. The van der Waals surface area contributed by atoms with E-state index in [1.54, 1.807) is 6.07 Å². The summed E-state index contributed by atoms with van der Waals surface area (Å²) in [4.78, 5) is 11.9. The molecule has 0 aliphatic heterocycles. The summed E-state index contributed by atoms with van der Waals surface area (Å²) in [5.74, 6) is -0.0989. The van der Waals surface area contributed by atoms with Crippen molar-refractivity contribution in [3.63, 3.8) is 0 Å². The molecular weight excluding hydrogens is 277 g/mol. The summed E-state index contributed by atoms with van der Waals surface area (Å²) in [5, 5.41) is 0. The lowest BCUT2D eigenvalue weighted by atomic mass is 10.0. The van der Waals surface area contributed by atoms with Crippen molar-refractivity contribution in [1.29, 1.82) is 0 Å². The van der Waals surface area contributed by atoms with E-state index in [-0.39, 0.29) is 18.6 Å². The first-order valence-electron chi connectivity index (χ1n) is 6.58. The van der Waals surface area contributed by atoms with Gasteiger partial charge in [0.2, 0.25) is 0 Å². The number of hydrogen-bond donors (Lipinski definition) is 0. The molecule has 0 saturated heterocycles. The number of alkyl halides is 3. The molecule has 0 heterocycles. The van der Waals surface area contributed by atoms with Gasteiger partial charge in [-0.25, -0.2) is 0 Å². The van der Waals surface area contributed by atoms with Crippen LogP contribution >= 0.6 is 0 Å². The van der Waals surface area contributed by atoms with Gasteiger partial charge in [-0.1, -0.05) is 48.0 Å². The first-order chi connectivity index (χ1) is 9.84. The van der Waals surface area contributed by atoms with Crippen molar-refractivity contribution in [1.82, 2.24) is 0 Å². The normalized spacial score (nSPS) is 11.4. The fraction of sp³-hybridized carbons (Fsp3) is 0.235. The number of benzene rings is 2. The largest absolute Gasteiger partial charge is 0.416 e. The van der Waals surface area contributed by atoms with Gasteiger partial charge >= 0.3 is 6.18 Å². The van der Waals surface area contributed by atoms with Gasteiger partial charge in [0.05, 0.1) is 5.56 Å². The summed E-state index contributed by atoms with van der Waals surface area (Å²) < 4.78 is 37.8. The highest BCUT2D eigenvalue weighted by Gasteiger charge is 2.30. The molecule has 0 spiro atoms. The highest BCUT2D eigenvalue weighted by molar-refractivity contribution is 5.83. The van der Waals surface area contributed by atoms with E-state index < -0.39 is 11.7 Å². The quantitative estimate of drug-likeness (QED) is 0.818. The highest BCUT2D eigenvalue weighted by Crippen LogP contribution is 2.29. The van der Waals surface area contributed by atoms with E-state index in [0.29, 0.717) is 5.56 Å². The molecule has 2 aromatic rings. The van der Waals surface area contributed by atoms with Crippen LogP contribution in [-0.4, -0.2) is 5.78 Å². The van der Waals surface area contributed by atoms with Crippen LogP contribution in [0.2, 0.25) is 0 Å². The van der Waals surface area contributed by atoms with E-state index in [2.05, 4.69) is 0 Å². The van der Waals surface area contributed by atoms with Crippen molar-refractivity contribution in [2.75, 3.05) is 0 Å². The molecule has 4 heteroatoms. The summed E-state index contributed by atoms with van der Waals surface area (Å²) in [6.45, 7) is 1.95. The molecule has 0 amide bonds. The number of carbonyl (C=O) groups excluding carboxylic acids is 1. The maximum Gasteiger partial charge on any atom is 0.416 e. The highest BCUT2D eigenvalue weighted by atomic mass is 19.4. The van der Waals surface area contributed by atoms with Crippen LogP contribution in [0.5, 0.6) is 0 Å². The number of halogens is 3. The molecule has 21 heavy (non-hydrogen) atoms. The summed E-state index contributed by atoms with van der Waals surface area (Å²) in [5.41, 5.74) is 1.65. The van der Waals surface area contributed by atoms with Crippen molar-refractivity contribution >= 4 is 5.78 Å². The molecule has 2 rings (SSSR count). The van der Waals surface area contributed by atoms with E-state index in [1.807, 2.05) is 31.2 Å². The van der Waals surface area contributed by atoms with Gasteiger partial charge in [-0.15, -0.1) is 0 Å². The Morgan fingerprint density at radius 2 is 1.57 bits per heavy atom. The Hall–Kier alpha value is -2.10. The summed E-state index contributed by atoms with van der Waals surface area (Å²) in [6.07, 6.45) is -4.13. The molecule has 0 aromatic heterocycles. The summed E-state index contributed by atoms with van der Waals surface area (Å²) in [6, 6.07) is 12.5. The molecule has 0 aliphatic rings. The predicted octanol–water partition coefficient (Wildman–Crippen LogP) is 4.37. The van der Waals surface area contributed by atoms with E-state index in [0.717, 1.165) is 23.3 Å². The average Bonchev–Trinajstić information content (AvgIpc) is 2.41. The summed E-state index contributed by atoms with van der Waals surface area (Å²) in [7, 11) is 0. The Labute approximate surface area is 121 Å². The van der Waals surface area contributed by atoms with Crippen molar-refractivity contribution in [2.24, 2.45) is 0 Å². The lowest BCUT2D eigenvalue weighted by molar-refractivity contribution is -0.137. The van der Waals surface area contributed by atoms with Gasteiger partial charge in [0.1, 0.15) is 5.78 Å². The molecule has 0 bridgehead atoms. The van der Waals surface area contributed by atoms with Crippen LogP contribution in [0, 0.1) is 6.92 Å². The van der Waals surface area contributed by atoms with Gasteiger partial charge < -0.3 is 0 Å². The number of aryl methyl sites for hydroxylation is 1. The third-order valence-electron chi connectivity index (χ3n) is 3.18. The molecule has 110 valence electrons. The van der Waals surface area contributed by atoms with E-state index in [4.69, 9.17) is 0 Å². The standard InChI is InChI=1S/C17H15F3O/c1-12-5-7-13(8-6-12)10-16(21)11-14-3-2-4-15(9-14)17(18,19)20/h2-9H,10-11H2,1H3. The SMILES string of the molecule is Cc1ccc(CC(=O)Cc2cccc(C(F)(F)F)c2)cc1. The summed E-state index contributed by atoms with van der Waals surface area (Å²) >= 11 is 0. The Morgan fingerprint density at radius 1 is 0.952 bits per heavy atom. The van der Waals surface area contributed by atoms with Gasteiger partial charge in [0.15, 0.2) is 0 Å². The second kappa shape index (κ2) is 6.12. The van der Waals surface area contributed by atoms with Gasteiger partial charge in [-0.3, -0.25) is 4.79 Å². The monoisotopic (exact) mass is 292 g/mol. The molecule has 0 radical (unpaired) electrons. The van der Waals surface area contributed by atoms with Crippen molar-refractivity contribution in [3.05, 3.63) is 70.8 Å². The minimum absolute atomic E-state index is 0.0117. The Bertz CT molecular complexity index is 627. The zero-order valence-corrected chi connectivity index (χ0v) is 11.6. The third kappa shape index (κ3) is 4.45. The van der Waals surface area contributed by atoms with Crippen LogP contribution in [-0.2, 0) is 23.8 Å². The molecule has 0 aliphatic carbocycles. The van der Waals surface area contributed by atoms with Crippen LogP contribution < -0.4 is 0 Å². The second-order valence-electron chi connectivity index (χ2n) is 5.08. The topological polar surface area (TPSA) is 17.1 Å². The third-order valence-corrected chi connectivity index (χ3v) is 3.18. The first kappa shape index (κ1) is 15.3. The molecule has 2 aromatic carbocycles. The predicted molar refractivity (Wildman–Crippen MR) is 75.0 cm³/mol. The van der Waals surface area contributed by atoms with Crippen LogP contribution in [0.4, 0.5) is 13.2 Å². The van der Waals surface area contributed by atoms with Crippen molar-refractivity contribution in [3.8, 4) is 0 Å². The number of hydrogen-bond acceptors (Lipinski definition) is 1. The van der Waals surface area contributed by atoms with Crippen molar-refractivity contribution < 1.29 is 18.0 Å². The van der Waals surface area contributed by atoms with Crippen LogP contribution in [0.3, 0.4) is 0 Å². The number of ketones is 1. The fourth-order valence-electron chi connectivity index (χ4n) is 2.08. The van der Waals surface area contributed by atoms with Crippen LogP contribution in [0.15, 0.2) is 48.5 Å². The van der Waals surface area contributed by atoms with Gasteiger partial charge in [0.25, 0.3) is 0 Å². The molecule has 0 unspecified atom stereocenters. The lowest BCUT2D eigenvalue weighted by Crippen LogP contribution is -2.09. The van der Waals surface area contributed by atoms with Crippen LogP contribution in [0.25, 0.3) is 0 Å². The zero-order valence-electron chi connectivity index (χ0n) is 11.6. The molecule has 0 N–H and O–H groups in total. The van der Waals surface area contributed by atoms with Gasteiger partial charge in [-0.2, -0.15) is 13.2 Å². The zero-order chi connectivity index (χ0) is 15.5. The maximum absolute atomic E-state index is 12.6. The number of Topliss-reactive ketones (excluding diaryl/α,β-unsaturated/α-hetero) is 1. The Kier molecular flexibility index (Phi) is 4.46. The fourth-order valence-corrected chi connectivity index (χ4v) is 2.08. The minimum Gasteiger partial charge on any atom is -0.299 e. The smallest absolute Gasteiger partial charge is 0.299 e. The molecule has 1 nitrogen and oxygen atoms in total. The Morgan fingerprint density at radius 3 is 2.19 bits per heavy atom. The average molecular weight is 292 g/mol. The molecule has 0 fully saturated rings. The van der Waals surface area contributed by atoms with Gasteiger partial charge in [-0.05, 0) is 24.1 Å². The van der Waals surface area contributed by atoms with E-state index in [1.165, 1.54) is 6.07 Å². The minimum atomic E-state index is -4.38. The first-order valence-corrected chi connectivity index (χ1v) is 6.58. The Balaban J connectivity index is 2.04. The number of carbonyl (C=O) groups is 1.